The molecule has 7 nitrogen and oxygen atoms in total. The Balaban J connectivity index is 2.40. The molecule has 1 aromatic carbocycles. The number of aliphatic hydroxyl groups excluding tert-OH is 1. The van der Waals surface area contributed by atoms with E-state index in [2.05, 4.69) is 5.32 Å². The van der Waals surface area contributed by atoms with Gasteiger partial charge in [0.1, 0.15) is 6.07 Å². The minimum absolute atomic E-state index is 0.103. The fraction of sp³-hybridized carbons (Fsp3) is 0.462. The maximum Gasteiger partial charge on any atom is 0.270 e. The third-order valence-corrected chi connectivity index (χ3v) is 3.46. The van der Waals surface area contributed by atoms with Crippen molar-refractivity contribution in [1.29, 1.82) is 5.26 Å². The first-order valence-corrected chi connectivity index (χ1v) is 6.38. The first kappa shape index (κ1) is 14.2. The average molecular weight is 276 g/mol. The van der Waals surface area contributed by atoms with Gasteiger partial charge in [0, 0.05) is 31.8 Å². The van der Waals surface area contributed by atoms with Gasteiger partial charge < -0.3 is 15.3 Å². The van der Waals surface area contributed by atoms with Gasteiger partial charge in [-0.1, -0.05) is 0 Å². The Kier molecular flexibility index (Phi) is 4.17. The second-order valence-electron chi connectivity index (χ2n) is 4.78. The lowest BCUT2D eigenvalue weighted by atomic mass is 10.0. The molecule has 2 N–H and O–H groups in total. The number of nitrogens with one attached hydrogen (secondary N) is 1. The summed E-state index contributed by atoms with van der Waals surface area (Å²) in [7, 11) is 0. The second kappa shape index (κ2) is 5.86. The van der Waals surface area contributed by atoms with Gasteiger partial charge in [0.25, 0.3) is 5.69 Å². The zero-order valence-electron chi connectivity index (χ0n) is 11.1. The number of nitriles is 1. The Hall–Kier alpha value is -2.17. The van der Waals surface area contributed by atoms with Crippen LogP contribution in [0.2, 0.25) is 0 Å². The number of hydrogen-bond donors (Lipinski definition) is 2. The van der Waals surface area contributed by atoms with Crippen molar-refractivity contribution in [3.8, 4) is 6.07 Å². The normalized spacial score (nSPS) is 20.2. The molecular formula is C13H16N4O3. The number of benzene rings is 1. The molecular weight excluding hydrogens is 260 g/mol. The number of nitro groups is 1. The largest absolute Gasteiger partial charge is 0.391 e. The summed E-state index contributed by atoms with van der Waals surface area (Å²) in [5.74, 6) is 0. The smallest absolute Gasteiger partial charge is 0.270 e. The summed E-state index contributed by atoms with van der Waals surface area (Å²) in [4.78, 5) is 12.2. The molecule has 0 spiro atoms. The highest BCUT2D eigenvalue weighted by molar-refractivity contribution is 5.63. The molecule has 0 aromatic heterocycles. The Morgan fingerprint density at radius 2 is 2.40 bits per heavy atom. The summed E-state index contributed by atoms with van der Waals surface area (Å²) in [6, 6.07) is 6.09. The van der Waals surface area contributed by atoms with Gasteiger partial charge in [-0.25, -0.2) is 0 Å². The quantitative estimate of drug-likeness (QED) is 0.620. The molecule has 2 atom stereocenters. The zero-order valence-corrected chi connectivity index (χ0v) is 11.1. The van der Waals surface area contributed by atoms with Crippen molar-refractivity contribution in [3.63, 3.8) is 0 Å². The van der Waals surface area contributed by atoms with Crippen LogP contribution in [0.3, 0.4) is 0 Å². The zero-order chi connectivity index (χ0) is 14.7. The van der Waals surface area contributed by atoms with Crippen molar-refractivity contribution in [2.45, 2.75) is 19.1 Å². The molecule has 106 valence electrons. The summed E-state index contributed by atoms with van der Waals surface area (Å²) >= 11 is 0. The van der Waals surface area contributed by atoms with Gasteiger partial charge in [0.2, 0.25) is 0 Å². The molecule has 1 heterocycles. The van der Waals surface area contributed by atoms with Crippen LogP contribution in [0.4, 0.5) is 11.4 Å². The topological polar surface area (TPSA) is 102 Å². The van der Waals surface area contributed by atoms with Crippen molar-refractivity contribution in [2.24, 2.45) is 0 Å². The summed E-state index contributed by atoms with van der Waals surface area (Å²) in [5, 5.41) is 33.0. The molecule has 20 heavy (non-hydrogen) atoms. The fourth-order valence-corrected chi connectivity index (χ4v) is 2.43. The van der Waals surface area contributed by atoms with E-state index < -0.39 is 11.0 Å². The van der Waals surface area contributed by atoms with Gasteiger partial charge in [0.05, 0.1) is 28.3 Å². The molecule has 0 radical (unpaired) electrons. The van der Waals surface area contributed by atoms with Crippen LogP contribution in [0.5, 0.6) is 0 Å². The number of non-ortho nitro benzene ring substituents is 1. The molecule has 1 aromatic rings. The minimum atomic E-state index is -0.565. The van der Waals surface area contributed by atoms with Crippen molar-refractivity contribution in [2.75, 3.05) is 24.5 Å². The Bertz CT molecular complexity index is 553. The van der Waals surface area contributed by atoms with Crippen molar-refractivity contribution in [1.82, 2.24) is 5.32 Å². The first-order valence-electron chi connectivity index (χ1n) is 6.38. The lowest BCUT2D eigenvalue weighted by molar-refractivity contribution is -0.384. The number of piperazine rings is 1. The molecule has 1 aliphatic heterocycles. The van der Waals surface area contributed by atoms with Crippen LogP contribution < -0.4 is 10.2 Å². The summed E-state index contributed by atoms with van der Waals surface area (Å²) in [6.07, 6.45) is -0.565. The number of nitrogens with zero attached hydrogens (tertiary/aromatic N) is 3. The van der Waals surface area contributed by atoms with E-state index in [0.717, 1.165) is 6.54 Å². The maximum atomic E-state index is 10.8. The molecule has 1 fully saturated rings. The van der Waals surface area contributed by atoms with E-state index in [1.807, 2.05) is 11.0 Å². The van der Waals surface area contributed by atoms with E-state index in [4.69, 9.17) is 0 Å². The van der Waals surface area contributed by atoms with Crippen molar-refractivity contribution >= 4 is 11.4 Å². The Labute approximate surface area is 116 Å². The van der Waals surface area contributed by atoms with Gasteiger partial charge in [0.15, 0.2) is 0 Å². The minimum Gasteiger partial charge on any atom is -0.391 e. The van der Waals surface area contributed by atoms with Crippen LogP contribution in [-0.2, 0) is 0 Å². The predicted octanol–water partition coefficient (Wildman–Crippen LogP) is 0.625. The highest BCUT2D eigenvalue weighted by Crippen LogP contribution is 2.27. The molecule has 0 aliphatic carbocycles. The Morgan fingerprint density at radius 3 is 3.00 bits per heavy atom. The van der Waals surface area contributed by atoms with Gasteiger partial charge in [-0.2, -0.15) is 5.26 Å². The lowest BCUT2D eigenvalue weighted by Gasteiger charge is -2.39. The first-order chi connectivity index (χ1) is 9.54. The SMILES string of the molecule is CC(O)C1CNCCN1c1ccc([N+](=O)[O-])cc1C#N. The summed E-state index contributed by atoms with van der Waals surface area (Å²) in [6.45, 7) is 3.69. The lowest BCUT2D eigenvalue weighted by Crippen LogP contribution is -2.56. The van der Waals surface area contributed by atoms with E-state index >= 15 is 0 Å². The molecule has 1 aliphatic rings. The summed E-state index contributed by atoms with van der Waals surface area (Å²) < 4.78 is 0. The van der Waals surface area contributed by atoms with Crippen molar-refractivity contribution < 1.29 is 10.0 Å². The van der Waals surface area contributed by atoms with Crippen molar-refractivity contribution in [3.05, 3.63) is 33.9 Å². The van der Waals surface area contributed by atoms with Crippen LogP contribution in [-0.4, -0.2) is 41.8 Å². The van der Waals surface area contributed by atoms with E-state index in [9.17, 15) is 20.5 Å². The molecule has 2 unspecified atom stereocenters. The molecule has 7 heteroatoms. The van der Waals surface area contributed by atoms with Gasteiger partial charge >= 0.3 is 0 Å². The van der Waals surface area contributed by atoms with Gasteiger partial charge in [-0.05, 0) is 13.0 Å². The number of nitro benzene ring substituents is 1. The molecule has 2 rings (SSSR count). The van der Waals surface area contributed by atoms with Crippen LogP contribution in [0.25, 0.3) is 0 Å². The van der Waals surface area contributed by atoms with Gasteiger partial charge in [-0.3, -0.25) is 10.1 Å². The second-order valence-corrected chi connectivity index (χ2v) is 4.78. The monoisotopic (exact) mass is 276 g/mol. The standard InChI is InChI=1S/C13H16N4O3/c1-9(18)13-8-15-4-5-16(13)12-3-2-11(17(19)20)6-10(12)7-14/h2-3,6,9,13,15,18H,4-5,8H2,1H3. The number of rotatable bonds is 3. The molecule has 0 amide bonds. The number of hydrogen-bond acceptors (Lipinski definition) is 6. The third-order valence-electron chi connectivity index (χ3n) is 3.46. The number of anilines is 1. The highest BCUT2D eigenvalue weighted by atomic mass is 16.6. The molecule has 1 saturated heterocycles. The van der Waals surface area contributed by atoms with Crippen LogP contribution >= 0.6 is 0 Å². The Morgan fingerprint density at radius 1 is 1.65 bits per heavy atom. The predicted molar refractivity (Wildman–Crippen MR) is 73.5 cm³/mol. The van der Waals surface area contributed by atoms with E-state index in [1.165, 1.54) is 12.1 Å². The average Bonchev–Trinajstić information content (AvgIpc) is 2.46. The number of aliphatic hydroxyl groups is 1. The molecule has 0 saturated carbocycles. The van der Waals surface area contributed by atoms with Crippen LogP contribution in [0.1, 0.15) is 12.5 Å². The van der Waals surface area contributed by atoms with Crippen LogP contribution in [0, 0.1) is 21.4 Å². The van der Waals surface area contributed by atoms with Crippen LogP contribution in [0.15, 0.2) is 18.2 Å². The maximum absolute atomic E-state index is 10.8. The van der Waals surface area contributed by atoms with E-state index in [1.54, 1.807) is 13.0 Å². The molecule has 0 bridgehead atoms. The fourth-order valence-electron chi connectivity index (χ4n) is 2.43. The highest BCUT2D eigenvalue weighted by Gasteiger charge is 2.28. The third kappa shape index (κ3) is 2.71. The van der Waals surface area contributed by atoms with E-state index in [-0.39, 0.29) is 17.3 Å². The summed E-state index contributed by atoms with van der Waals surface area (Å²) in [5.41, 5.74) is 0.784. The van der Waals surface area contributed by atoms with Gasteiger partial charge in [-0.15, -0.1) is 0 Å². The van der Waals surface area contributed by atoms with E-state index in [0.29, 0.717) is 18.8 Å².